The van der Waals surface area contributed by atoms with Crippen molar-refractivity contribution in [1.29, 1.82) is 0 Å². The van der Waals surface area contributed by atoms with Crippen molar-refractivity contribution >= 4 is 13.8 Å². The molecule has 1 aliphatic rings. The molecule has 1 rings (SSSR count). The average Bonchev–Trinajstić information content (AvgIpc) is 2.27. The van der Waals surface area contributed by atoms with Crippen molar-refractivity contribution in [1.82, 2.24) is 4.90 Å². The van der Waals surface area contributed by atoms with Crippen LogP contribution in [0, 0.1) is 0 Å². The Labute approximate surface area is 73.7 Å². The first-order valence-electron chi connectivity index (χ1n) is 4.02. The van der Waals surface area contributed by atoms with E-state index in [1.54, 1.807) is 0 Å². The van der Waals surface area contributed by atoms with Gasteiger partial charge in [0.1, 0.15) is 0 Å². The van der Waals surface area contributed by atoms with E-state index in [2.05, 4.69) is 0 Å². The number of carbonyl (C=O) groups excluding carboxylic acids is 1. The maximum atomic E-state index is 11.2. The highest BCUT2D eigenvalue weighted by Crippen LogP contribution is 2.21. The first-order chi connectivity index (χ1) is 5.49. The van der Waals surface area contributed by atoms with Crippen molar-refractivity contribution in [3.63, 3.8) is 0 Å². The molecule has 5 heteroatoms. The number of likely N-dealkylation sites (tertiary alicyclic amines) is 1. The Balaban J connectivity index is 2.70. The molecule has 0 aliphatic carbocycles. The van der Waals surface area contributed by atoms with Crippen LogP contribution in [-0.4, -0.2) is 43.2 Å². The summed E-state index contributed by atoms with van der Waals surface area (Å²) in [4.78, 5) is 12.8. The van der Waals surface area contributed by atoms with Crippen LogP contribution in [0.3, 0.4) is 0 Å². The lowest BCUT2D eigenvalue weighted by atomic mass is 9.92. The summed E-state index contributed by atoms with van der Waals surface area (Å²) in [7, 11) is 5.35. The molecular weight excluding hydrogens is 153 g/mol. The van der Waals surface area contributed by atoms with E-state index in [0.717, 1.165) is 0 Å². The number of hydrogen-bond acceptors (Lipinski definition) is 3. The van der Waals surface area contributed by atoms with Gasteiger partial charge in [0.05, 0.1) is 13.4 Å². The Morgan fingerprint density at radius 3 is 2.67 bits per heavy atom. The maximum absolute atomic E-state index is 11.2. The fraction of sp³-hybridized carbons (Fsp3) is 0.857. The summed E-state index contributed by atoms with van der Waals surface area (Å²) in [6, 6.07) is -0.182. The zero-order valence-corrected chi connectivity index (χ0v) is 7.29. The van der Waals surface area contributed by atoms with Gasteiger partial charge in [-0.15, -0.1) is 0 Å². The van der Waals surface area contributed by atoms with Crippen LogP contribution in [0.4, 0.5) is 0 Å². The molecule has 0 spiro atoms. The minimum Gasteiger partial charge on any atom is -0.350 e. The molecule has 1 heterocycles. The van der Waals surface area contributed by atoms with Gasteiger partial charge >= 0.3 is 0 Å². The average molecular weight is 167 g/mol. The highest BCUT2D eigenvalue weighted by atomic mass is 16.2. The molecule has 0 bridgehead atoms. The van der Waals surface area contributed by atoms with Crippen LogP contribution < -0.4 is 11.5 Å². The van der Waals surface area contributed by atoms with Gasteiger partial charge in [-0.1, -0.05) is 0 Å². The minimum atomic E-state index is -0.587. The smallest absolute Gasteiger partial charge is 0.223 e. The summed E-state index contributed by atoms with van der Waals surface area (Å²) in [6.07, 6.45) is 0.534. The number of amides is 1. The SMILES string of the molecule is [B]CN1C[C@@](N)([C@H](C)N)CC1=O. The second-order valence-electron chi connectivity index (χ2n) is 3.47. The van der Waals surface area contributed by atoms with Gasteiger partial charge in [0.15, 0.2) is 0 Å². The number of rotatable bonds is 2. The summed E-state index contributed by atoms with van der Waals surface area (Å²) in [5.74, 6) is -0.00250. The van der Waals surface area contributed by atoms with E-state index in [9.17, 15) is 4.79 Å². The zero-order chi connectivity index (χ0) is 9.35. The predicted octanol–water partition coefficient (Wildman–Crippen LogP) is -1.61. The highest BCUT2D eigenvalue weighted by molar-refractivity contribution is 6.10. The van der Waals surface area contributed by atoms with E-state index in [1.165, 1.54) is 4.90 Å². The minimum absolute atomic E-state index is 0.00250. The normalized spacial score (nSPS) is 32.6. The third kappa shape index (κ3) is 1.47. The zero-order valence-electron chi connectivity index (χ0n) is 7.29. The quantitative estimate of drug-likeness (QED) is 0.486. The second kappa shape index (κ2) is 3.07. The predicted molar refractivity (Wildman–Crippen MR) is 47.5 cm³/mol. The number of carbonyl (C=O) groups is 1. The van der Waals surface area contributed by atoms with Crippen LogP contribution in [0.1, 0.15) is 13.3 Å². The van der Waals surface area contributed by atoms with E-state index in [4.69, 9.17) is 19.3 Å². The van der Waals surface area contributed by atoms with Crippen LogP contribution in [0.5, 0.6) is 0 Å². The summed E-state index contributed by atoms with van der Waals surface area (Å²) >= 11 is 0. The maximum Gasteiger partial charge on any atom is 0.223 e. The molecule has 1 saturated heterocycles. The first-order valence-corrected chi connectivity index (χ1v) is 4.02. The second-order valence-corrected chi connectivity index (χ2v) is 3.47. The summed E-state index contributed by atoms with van der Waals surface area (Å²) in [5.41, 5.74) is 11.0. The van der Waals surface area contributed by atoms with Crippen LogP contribution in [-0.2, 0) is 4.79 Å². The lowest BCUT2D eigenvalue weighted by Gasteiger charge is -2.27. The Morgan fingerprint density at radius 1 is 1.83 bits per heavy atom. The van der Waals surface area contributed by atoms with E-state index in [1.807, 2.05) is 6.92 Å². The van der Waals surface area contributed by atoms with Crippen molar-refractivity contribution in [2.45, 2.75) is 24.9 Å². The largest absolute Gasteiger partial charge is 0.350 e. The third-order valence-corrected chi connectivity index (χ3v) is 2.45. The third-order valence-electron chi connectivity index (χ3n) is 2.45. The number of hydrogen-bond donors (Lipinski definition) is 2. The summed E-state index contributed by atoms with van der Waals surface area (Å²) < 4.78 is 0. The van der Waals surface area contributed by atoms with Gasteiger partial charge in [-0.2, -0.15) is 0 Å². The van der Waals surface area contributed by atoms with Gasteiger partial charge in [-0.3, -0.25) is 4.79 Å². The molecule has 0 aromatic rings. The molecule has 0 saturated carbocycles. The Morgan fingerprint density at radius 2 is 2.42 bits per heavy atom. The van der Waals surface area contributed by atoms with Crippen LogP contribution in [0.2, 0.25) is 0 Å². The number of nitrogens with zero attached hydrogens (tertiary/aromatic N) is 1. The monoisotopic (exact) mass is 167 g/mol. The summed E-state index contributed by atoms with van der Waals surface area (Å²) in [6.45, 7) is 2.29. The lowest BCUT2D eigenvalue weighted by molar-refractivity contribution is -0.127. The molecule has 0 aromatic carbocycles. The Kier molecular flexibility index (Phi) is 2.44. The van der Waals surface area contributed by atoms with E-state index < -0.39 is 5.54 Å². The molecule has 1 aliphatic heterocycles. The van der Waals surface area contributed by atoms with E-state index >= 15 is 0 Å². The topological polar surface area (TPSA) is 72.3 Å². The van der Waals surface area contributed by atoms with Crippen molar-refractivity contribution in [2.75, 3.05) is 13.0 Å². The van der Waals surface area contributed by atoms with E-state index in [0.29, 0.717) is 13.0 Å². The van der Waals surface area contributed by atoms with Crippen LogP contribution >= 0.6 is 0 Å². The van der Waals surface area contributed by atoms with Crippen LogP contribution in [0.25, 0.3) is 0 Å². The molecule has 4 nitrogen and oxygen atoms in total. The Bertz CT molecular complexity index is 197. The van der Waals surface area contributed by atoms with Crippen molar-refractivity contribution in [3.8, 4) is 0 Å². The summed E-state index contributed by atoms with van der Waals surface area (Å²) in [5, 5.41) is 0. The molecule has 2 atom stereocenters. The number of nitrogens with two attached hydrogens (primary N) is 2. The van der Waals surface area contributed by atoms with Gasteiger partial charge in [-0.25, -0.2) is 0 Å². The van der Waals surface area contributed by atoms with Crippen LogP contribution in [0.15, 0.2) is 0 Å². The van der Waals surface area contributed by atoms with Crippen molar-refractivity contribution in [3.05, 3.63) is 0 Å². The van der Waals surface area contributed by atoms with Gasteiger partial charge in [0, 0.05) is 19.0 Å². The van der Waals surface area contributed by atoms with E-state index in [-0.39, 0.29) is 18.4 Å². The molecule has 66 valence electrons. The molecule has 4 N–H and O–H groups in total. The molecular formula is C7H14BN3O. The van der Waals surface area contributed by atoms with Gasteiger partial charge in [0.2, 0.25) is 5.91 Å². The highest BCUT2D eigenvalue weighted by Gasteiger charge is 2.41. The lowest BCUT2D eigenvalue weighted by Crippen LogP contribution is -2.55. The fourth-order valence-corrected chi connectivity index (χ4v) is 1.36. The molecule has 1 fully saturated rings. The molecule has 12 heavy (non-hydrogen) atoms. The first kappa shape index (κ1) is 9.54. The van der Waals surface area contributed by atoms with Crippen molar-refractivity contribution < 1.29 is 4.79 Å². The molecule has 0 aromatic heterocycles. The fourth-order valence-electron chi connectivity index (χ4n) is 1.36. The Hall–Kier alpha value is -0.545. The van der Waals surface area contributed by atoms with Gasteiger partial charge < -0.3 is 16.4 Å². The van der Waals surface area contributed by atoms with Gasteiger partial charge in [0.25, 0.3) is 0 Å². The van der Waals surface area contributed by atoms with Crippen molar-refractivity contribution in [2.24, 2.45) is 11.5 Å². The van der Waals surface area contributed by atoms with Gasteiger partial charge in [-0.05, 0) is 13.4 Å². The standard InChI is InChI=1S/C7H14BN3O/c1-5(9)7(10)2-6(12)11(3-7)4-8/h5H,2-4,9-10H2,1H3/t5-,7+/m0/s1. The molecule has 0 unspecified atom stereocenters. The molecule has 2 radical (unpaired) electrons. The molecule has 1 amide bonds.